The molecule has 1 amide bonds. The summed E-state index contributed by atoms with van der Waals surface area (Å²) in [5, 5.41) is 0. The lowest BCUT2D eigenvalue weighted by Gasteiger charge is -2.22. The van der Waals surface area contributed by atoms with E-state index in [0.29, 0.717) is 13.2 Å². The van der Waals surface area contributed by atoms with Crippen LogP contribution in [0.5, 0.6) is 0 Å². The molecule has 0 N–H and O–H groups in total. The molecule has 1 aromatic rings. The summed E-state index contributed by atoms with van der Waals surface area (Å²) in [4.78, 5) is 28.1. The number of esters is 1. The summed E-state index contributed by atoms with van der Waals surface area (Å²) in [7, 11) is 0. The topological polar surface area (TPSA) is 49.9 Å². The van der Waals surface area contributed by atoms with Crippen molar-refractivity contribution in [1.29, 1.82) is 0 Å². The number of hydrogen-bond donors (Lipinski definition) is 0. The van der Waals surface area contributed by atoms with Gasteiger partial charge in [-0.3, -0.25) is 9.59 Å². The van der Waals surface area contributed by atoms with Gasteiger partial charge in [-0.2, -0.15) is 0 Å². The Morgan fingerprint density at radius 3 is 2.73 bits per heavy atom. The van der Waals surface area contributed by atoms with Gasteiger partial charge in [-0.1, -0.05) is 6.07 Å². The van der Waals surface area contributed by atoms with E-state index in [-0.39, 0.29) is 24.2 Å². The van der Waals surface area contributed by atoms with Crippen molar-refractivity contribution in [3.05, 3.63) is 24.3 Å². The van der Waals surface area contributed by atoms with E-state index in [1.54, 1.807) is 11.8 Å². The van der Waals surface area contributed by atoms with Gasteiger partial charge in [0.25, 0.3) is 0 Å². The molecule has 2 aliphatic heterocycles. The lowest BCUT2D eigenvalue weighted by atomic mass is 10.1. The van der Waals surface area contributed by atoms with E-state index in [0.717, 1.165) is 24.5 Å². The zero-order chi connectivity index (χ0) is 15.5. The third kappa shape index (κ3) is 2.93. The Labute approximate surface area is 130 Å². The normalized spacial score (nSPS) is 21.5. The van der Waals surface area contributed by atoms with E-state index in [4.69, 9.17) is 4.74 Å². The Bertz CT molecular complexity index is 567. The Morgan fingerprint density at radius 2 is 2.00 bits per heavy atom. The number of anilines is 2. The van der Waals surface area contributed by atoms with Gasteiger partial charge in [0.15, 0.2) is 0 Å². The predicted octanol–water partition coefficient (Wildman–Crippen LogP) is 2.20. The Kier molecular flexibility index (Phi) is 4.32. The minimum Gasteiger partial charge on any atom is -0.466 e. The number of benzene rings is 1. The lowest BCUT2D eigenvalue weighted by molar-refractivity contribution is -0.147. The van der Waals surface area contributed by atoms with Gasteiger partial charge in [-0.05, 0) is 38.0 Å². The largest absolute Gasteiger partial charge is 0.466 e. The molecule has 0 aromatic heterocycles. The molecular weight excluding hydrogens is 280 g/mol. The molecule has 0 bridgehead atoms. The van der Waals surface area contributed by atoms with Crippen LogP contribution in [0.25, 0.3) is 0 Å². The van der Waals surface area contributed by atoms with Gasteiger partial charge >= 0.3 is 5.97 Å². The summed E-state index contributed by atoms with van der Waals surface area (Å²) < 4.78 is 5.04. The number of amides is 1. The fourth-order valence-electron chi connectivity index (χ4n) is 3.21. The van der Waals surface area contributed by atoms with Gasteiger partial charge in [0.05, 0.1) is 12.5 Å². The van der Waals surface area contributed by atoms with Crippen molar-refractivity contribution in [2.45, 2.75) is 26.2 Å². The van der Waals surface area contributed by atoms with Crippen LogP contribution in [0, 0.1) is 5.92 Å². The second-order valence-corrected chi connectivity index (χ2v) is 5.87. The van der Waals surface area contributed by atoms with Crippen molar-refractivity contribution >= 4 is 23.3 Å². The van der Waals surface area contributed by atoms with Gasteiger partial charge in [0.2, 0.25) is 5.91 Å². The van der Waals surface area contributed by atoms with Crippen LogP contribution >= 0.6 is 0 Å². The van der Waals surface area contributed by atoms with E-state index in [2.05, 4.69) is 17.0 Å². The molecule has 0 radical (unpaired) electrons. The molecule has 2 saturated heterocycles. The minimum absolute atomic E-state index is 0.00312. The Morgan fingerprint density at radius 1 is 1.27 bits per heavy atom. The average Bonchev–Trinajstić information content (AvgIpc) is 3.17. The fraction of sp³-hybridized carbons (Fsp3) is 0.529. The van der Waals surface area contributed by atoms with Crippen molar-refractivity contribution < 1.29 is 14.3 Å². The summed E-state index contributed by atoms with van der Waals surface area (Å²) in [6.45, 7) is 4.70. The molecule has 0 spiro atoms. The molecule has 1 aromatic carbocycles. The van der Waals surface area contributed by atoms with E-state index in [1.807, 2.05) is 12.1 Å². The van der Waals surface area contributed by atoms with Crippen molar-refractivity contribution in [1.82, 2.24) is 0 Å². The quantitative estimate of drug-likeness (QED) is 0.800. The highest BCUT2D eigenvalue weighted by Crippen LogP contribution is 2.30. The second kappa shape index (κ2) is 6.38. The lowest BCUT2D eigenvalue weighted by Crippen LogP contribution is -2.27. The molecule has 2 aliphatic rings. The Hall–Kier alpha value is -2.04. The molecule has 1 unspecified atom stereocenters. The maximum Gasteiger partial charge on any atom is 0.311 e. The Balaban J connectivity index is 1.75. The molecular formula is C17H22N2O3. The third-order valence-electron chi connectivity index (χ3n) is 4.36. The number of hydrogen-bond acceptors (Lipinski definition) is 4. The number of carbonyl (C=O) groups is 2. The number of ether oxygens (including phenoxy) is 1. The fourth-order valence-corrected chi connectivity index (χ4v) is 3.21. The summed E-state index contributed by atoms with van der Waals surface area (Å²) in [5.74, 6) is -0.617. The van der Waals surface area contributed by atoms with Crippen molar-refractivity contribution in [3.8, 4) is 0 Å². The molecule has 0 saturated carbocycles. The first-order valence-electron chi connectivity index (χ1n) is 8.01. The van der Waals surface area contributed by atoms with Crippen molar-refractivity contribution in [3.63, 3.8) is 0 Å². The van der Waals surface area contributed by atoms with Crippen LogP contribution in [0.1, 0.15) is 26.2 Å². The number of nitrogens with zero attached hydrogens (tertiary/aromatic N) is 2. The summed E-state index contributed by atoms with van der Waals surface area (Å²) >= 11 is 0. The van der Waals surface area contributed by atoms with Crippen LogP contribution < -0.4 is 9.80 Å². The highest BCUT2D eigenvalue weighted by molar-refractivity contribution is 5.99. The van der Waals surface area contributed by atoms with E-state index in [9.17, 15) is 9.59 Å². The zero-order valence-corrected chi connectivity index (χ0v) is 13.0. The summed E-state index contributed by atoms with van der Waals surface area (Å²) in [6.07, 6.45) is 2.68. The minimum atomic E-state index is -0.345. The zero-order valence-electron chi connectivity index (χ0n) is 13.0. The summed E-state index contributed by atoms with van der Waals surface area (Å²) in [5.41, 5.74) is 2.03. The number of rotatable bonds is 4. The molecule has 5 nitrogen and oxygen atoms in total. The monoisotopic (exact) mass is 302 g/mol. The van der Waals surface area contributed by atoms with Gasteiger partial charge in [-0.25, -0.2) is 0 Å². The molecule has 2 fully saturated rings. The third-order valence-corrected chi connectivity index (χ3v) is 4.36. The van der Waals surface area contributed by atoms with Crippen LogP contribution in [0.2, 0.25) is 0 Å². The van der Waals surface area contributed by atoms with Crippen molar-refractivity contribution in [2.75, 3.05) is 36.0 Å². The van der Waals surface area contributed by atoms with Gasteiger partial charge < -0.3 is 14.5 Å². The average molecular weight is 302 g/mol. The maximum atomic E-state index is 12.2. The first-order valence-corrected chi connectivity index (χ1v) is 8.01. The van der Waals surface area contributed by atoms with Crippen LogP contribution in [0.15, 0.2) is 24.3 Å². The first kappa shape index (κ1) is 14.9. The van der Waals surface area contributed by atoms with Gasteiger partial charge in [0, 0.05) is 37.4 Å². The molecule has 0 aliphatic carbocycles. The van der Waals surface area contributed by atoms with E-state index in [1.165, 1.54) is 12.8 Å². The highest BCUT2D eigenvalue weighted by atomic mass is 16.5. The highest BCUT2D eigenvalue weighted by Gasteiger charge is 2.36. The van der Waals surface area contributed by atoms with Crippen molar-refractivity contribution in [2.24, 2.45) is 5.92 Å². The van der Waals surface area contributed by atoms with Crippen LogP contribution in [-0.4, -0.2) is 38.1 Å². The summed E-state index contributed by atoms with van der Waals surface area (Å²) in [6, 6.07) is 8.05. The maximum absolute atomic E-state index is 12.2. The number of carbonyl (C=O) groups excluding carboxylic acids is 2. The van der Waals surface area contributed by atoms with E-state index >= 15 is 0 Å². The van der Waals surface area contributed by atoms with E-state index < -0.39 is 0 Å². The molecule has 5 heteroatoms. The second-order valence-electron chi connectivity index (χ2n) is 5.87. The van der Waals surface area contributed by atoms with Crippen LogP contribution in [0.3, 0.4) is 0 Å². The standard InChI is InChI=1S/C17H22N2O3/c1-2-22-17(21)13-10-16(20)19(12-13)15-7-5-6-14(11-15)18-8-3-4-9-18/h5-7,11,13H,2-4,8-10,12H2,1H3. The van der Waals surface area contributed by atoms with Crippen LogP contribution in [0.4, 0.5) is 11.4 Å². The smallest absolute Gasteiger partial charge is 0.311 e. The molecule has 22 heavy (non-hydrogen) atoms. The van der Waals surface area contributed by atoms with Gasteiger partial charge in [0.1, 0.15) is 0 Å². The van der Waals surface area contributed by atoms with Crippen LogP contribution in [-0.2, 0) is 14.3 Å². The SMILES string of the molecule is CCOC(=O)C1CC(=O)N(c2cccc(N3CCCC3)c2)C1. The van der Waals surface area contributed by atoms with Gasteiger partial charge in [-0.15, -0.1) is 0 Å². The molecule has 3 rings (SSSR count). The molecule has 2 heterocycles. The molecule has 118 valence electrons. The molecule has 1 atom stereocenters. The first-order chi connectivity index (χ1) is 10.7. The predicted molar refractivity (Wildman–Crippen MR) is 85.0 cm³/mol.